The van der Waals surface area contributed by atoms with E-state index in [-0.39, 0.29) is 17.0 Å². The Morgan fingerprint density at radius 1 is 0.733 bits per heavy atom. The SMILES string of the molecule is COc1cc2c(cc1C)C1=C3C(=O)N4C=C(c5ccccc5)c5cc(C=O)c(C=O)cc5C4=C3C(O)N1C=C2c1ccccc1. The Morgan fingerprint density at radius 3 is 1.89 bits per heavy atom. The molecule has 4 aromatic rings. The molecule has 0 bridgehead atoms. The van der Waals surface area contributed by atoms with Gasteiger partial charge in [0, 0.05) is 51.4 Å². The van der Waals surface area contributed by atoms with Crippen LogP contribution in [0.4, 0.5) is 0 Å². The molecule has 45 heavy (non-hydrogen) atoms. The average Bonchev–Trinajstić information content (AvgIpc) is 3.54. The topological polar surface area (TPSA) is 87.1 Å². The first-order valence-corrected chi connectivity index (χ1v) is 14.6. The first-order valence-electron chi connectivity index (χ1n) is 14.6. The highest BCUT2D eigenvalue weighted by Gasteiger charge is 2.51. The molecule has 4 aromatic carbocycles. The van der Waals surface area contributed by atoms with Gasteiger partial charge in [-0.25, -0.2) is 0 Å². The van der Waals surface area contributed by atoms with Gasteiger partial charge in [-0.1, -0.05) is 60.7 Å². The van der Waals surface area contributed by atoms with Crippen molar-refractivity contribution in [2.45, 2.75) is 13.2 Å². The molecule has 4 heterocycles. The zero-order valence-electron chi connectivity index (χ0n) is 24.4. The second-order valence-electron chi connectivity index (χ2n) is 11.4. The van der Waals surface area contributed by atoms with Gasteiger partial charge in [0.15, 0.2) is 18.8 Å². The fraction of sp³-hybridized carbons (Fsp3) is 0.0789. The zero-order chi connectivity index (χ0) is 31.0. The van der Waals surface area contributed by atoms with Crippen LogP contribution in [-0.2, 0) is 4.79 Å². The summed E-state index contributed by atoms with van der Waals surface area (Å²) in [5.41, 5.74) is 9.75. The third-order valence-electron chi connectivity index (χ3n) is 9.01. The number of aryl methyl sites for hydroxylation is 1. The van der Waals surface area contributed by atoms with Crippen molar-refractivity contribution in [1.29, 1.82) is 0 Å². The molecule has 0 spiro atoms. The molecule has 7 nitrogen and oxygen atoms in total. The van der Waals surface area contributed by atoms with Gasteiger partial charge in [-0.05, 0) is 59.0 Å². The summed E-state index contributed by atoms with van der Waals surface area (Å²) in [6.07, 6.45) is 3.79. The molecule has 0 saturated heterocycles. The molecule has 218 valence electrons. The Hall–Kier alpha value is -5.79. The van der Waals surface area contributed by atoms with Crippen molar-refractivity contribution in [3.63, 3.8) is 0 Å². The second kappa shape index (κ2) is 9.87. The van der Waals surface area contributed by atoms with E-state index < -0.39 is 6.23 Å². The van der Waals surface area contributed by atoms with Gasteiger partial charge in [0.1, 0.15) is 5.75 Å². The number of aldehydes is 2. The molecule has 1 atom stereocenters. The predicted octanol–water partition coefficient (Wildman–Crippen LogP) is 6.03. The van der Waals surface area contributed by atoms with Crippen molar-refractivity contribution in [3.8, 4) is 5.75 Å². The number of carbonyl (C=O) groups excluding carboxylic acids is 3. The number of hydrogen-bond donors (Lipinski definition) is 1. The number of fused-ring (bicyclic) bond motifs is 7. The third-order valence-corrected chi connectivity index (χ3v) is 9.01. The largest absolute Gasteiger partial charge is 0.496 e. The number of ether oxygens (including phenoxy) is 1. The number of rotatable bonds is 5. The van der Waals surface area contributed by atoms with Crippen LogP contribution in [0.5, 0.6) is 5.75 Å². The molecule has 7 heteroatoms. The van der Waals surface area contributed by atoms with E-state index in [9.17, 15) is 19.5 Å². The van der Waals surface area contributed by atoms with Crippen LogP contribution in [0.1, 0.15) is 59.7 Å². The van der Waals surface area contributed by atoms with Crippen molar-refractivity contribution in [2.75, 3.05) is 7.11 Å². The minimum Gasteiger partial charge on any atom is -0.496 e. The molecule has 1 N–H and O–H groups in total. The molecule has 4 aliphatic rings. The molecule has 0 saturated carbocycles. The van der Waals surface area contributed by atoms with E-state index in [1.54, 1.807) is 35.2 Å². The summed E-state index contributed by atoms with van der Waals surface area (Å²) in [6, 6.07) is 26.8. The van der Waals surface area contributed by atoms with Gasteiger partial charge in [0.25, 0.3) is 5.91 Å². The highest BCUT2D eigenvalue weighted by atomic mass is 16.5. The van der Waals surface area contributed by atoms with Gasteiger partial charge >= 0.3 is 0 Å². The first kappa shape index (κ1) is 26.8. The third kappa shape index (κ3) is 3.71. The zero-order valence-corrected chi connectivity index (χ0v) is 24.4. The van der Waals surface area contributed by atoms with Crippen LogP contribution >= 0.6 is 0 Å². The number of hydrogen-bond acceptors (Lipinski definition) is 6. The van der Waals surface area contributed by atoms with Crippen LogP contribution in [0.2, 0.25) is 0 Å². The number of nitrogens with zero attached hydrogens (tertiary/aromatic N) is 2. The Kier molecular flexibility index (Phi) is 5.88. The van der Waals surface area contributed by atoms with Crippen LogP contribution in [-0.4, -0.2) is 46.7 Å². The van der Waals surface area contributed by atoms with E-state index in [2.05, 4.69) is 0 Å². The molecule has 0 radical (unpaired) electrons. The molecule has 1 unspecified atom stereocenters. The number of benzene rings is 4. The fourth-order valence-electron chi connectivity index (χ4n) is 6.95. The van der Waals surface area contributed by atoms with Crippen LogP contribution in [0.25, 0.3) is 22.5 Å². The van der Waals surface area contributed by atoms with Crippen LogP contribution in [0.3, 0.4) is 0 Å². The Morgan fingerprint density at radius 2 is 1.29 bits per heavy atom. The molecule has 8 rings (SSSR count). The highest BCUT2D eigenvalue weighted by Crippen LogP contribution is 2.55. The summed E-state index contributed by atoms with van der Waals surface area (Å²) in [6.45, 7) is 1.95. The van der Waals surface area contributed by atoms with E-state index in [1.165, 1.54) is 0 Å². The van der Waals surface area contributed by atoms with Crippen molar-refractivity contribution < 1.29 is 24.2 Å². The fourth-order valence-corrected chi connectivity index (χ4v) is 6.95. The van der Waals surface area contributed by atoms with E-state index in [0.29, 0.717) is 46.2 Å². The minimum absolute atomic E-state index is 0.212. The van der Waals surface area contributed by atoms with E-state index in [4.69, 9.17) is 4.74 Å². The Labute approximate surface area is 259 Å². The van der Waals surface area contributed by atoms with Crippen molar-refractivity contribution >= 4 is 41.0 Å². The molecule has 0 aromatic heterocycles. The van der Waals surface area contributed by atoms with Gasteiger partial charge in [0.05, 0.1) is 24.1 Å². The monoisotopic (exact) mass is 590 g/mol. The molecule has 1 amide bonds. The van der Waals surface area contributed by atoms with E-state index >= 15 is 0 Å². The summed E-state index contributed by atoms with van der Waals surface area (Å²) < 4.78 is 5.69. The van der Waals surface area contributed by atoms with Crippen molar-refractivity contribution in [2.24, 2.45) is 0 Å². The average molecular weight is 591 g/mol. The van der Waals surface area contributed by atoms with Gasteiger partial charge < -0.3 is 14.7 Å². The lowest BCUT2D eigenvalue weighted by Crippen LogP contribution is -2.31. The van der Waals surface area contributed by atoms with Crippen LogP contribution < -0.4 is 4.74 Å². The number of amides is 1. The Bertz CT molecular complexity index is 2120. The summed E-state index contributed by atoms with van der Waals surface area (Å²) >= 11 is 0. The minimum atomic E-state index is -1.18. The summed E-state index contributed by atoms with van der Waals surface area (Å²) in [7, 11) is 1.63. The van der Waals surface area contributed by atoms with Crippen LogP contribution in [0, 0.1) is 6.92 Å². The van der Waals surface area contributed by atoms with E-state index in [0.717, 1.165) is 44.7 Å². The van der Waals surface area contributed by atoms with Gasteiger partial charge in [-0.15, -0.1) is 0 Å². The van der Waals surface area contributed by atoms with Gasteiger partial charge in [-0.2, -0.15) is 0 Å². The lowest BCUT2D eigenvalue weighted by atomic mass is 9.86. The van der Waals surface area contributed by atoms with E-state index in [1.807, 2.05) is 85.9 Å². The highest BCUT2D eigenvalue weighted by molar-refractivity contribution is 6.20. The summed E-state index contributed by atoms with van der Waals surface area (Å²) in [5, 5.41) is 12.1. The number of carbonyl (C=O) groups is 3. The predicted molar refractivity (Wildman–Crippen MR) is 171 cm³/mol. The quantitative estimate of drug-likeness (QED) is 0.286. The van der Waals surface area contributed by atoms with Crippen LogP contribution in [0.15, 0.2) is 108 Å². The molecule has 0 fully saturated rings. The summed E-state index contributed by atoms with van der Waals surface area (Å²) in [4.78, 5) is 42.0. The molecular formula is C38H26N2O5. The maximum Gasteiger partial charge on any atom is 0.265 e. The standard InChI is InChI=1S/C38H26N2O5/c1-21-13-28-27(16-32(21)45-2)31(23-11-7-4-8-12-23)18-39-35(28)33-34(38(39)44)36-29-15-25(20-42)24(19-41)14-26(29)30(17-40(36)37(33)43)22-9-5-3-6-10-22/h3-20,38,44H,1-2H3. The molecule has 4 aliphatic heterocycles. The normalized spacial score (nSPS) is 17.7. The number of aliphatic hydroxyl groups is 1. The molecule has 0 aliphatic carbocycles. The lowest BCUT2D eigenvalue weighted by Gasteiger charge is -2.33. The Balaban J connectivity index is 1.43. The van der Waals surface area contributed by atoms with Gasteiger partial charge in [-0.3, -0.25) is 19.3 Å². The number of aliphatic hydroxyl groups excluding tert-OH is 1. The van der Waals surface area contributed by atoms with Crippen molar-refractivity contribution in [3.05, 3.63) is 159 Å². The van der Waals surface area contributed by atoms with Crippen molar-refractivity contribution in [1.82, 2.24) is 9.80 Å². The smallest absolute Gasteiger partial charge is 0.265 e. The number of methoxy groups -OCH3 is 1. The summed E-state index contributed by atoms with van der Waals surface area (Å²) in [5.74, 6) is 0.442. The maximum absolute atomic E-state index is 14.5. The van der Waals surface area contributed by atoms with Gasteiger partial charge in [0.2, 0.25) is 0 Å². The second-order valence-corrected chi connectivity index (χ2v) is 11.4. The maximum atomic E-state index is 14.5. The first-order chi connectivity index (χ1) is 21.9. The molecular weight excluding hydrogens is 564 g/mol. The lowest BCUT2D eigenvalue weighted by molar-refractivity contribution is -0.121.